The molecule has 1 aliphatic carbocycles. The molecule has 7 rings (SSSR count). The summed E-state index contributed by atoms with van der Waals surface area (Å²) in [6, 6.07) is 3.68. The number of aromatic amines is 1. The van der Waals surface area contributed by atoms with E-state index in [2.05, 4.69) is 25.6 Å². The van der Waals surface area contributed by atoms with E-state index in [4.69, 9.17) is 0 Å². The van der Waals surface area contributed by atoms with E-state index in [1.165, 1.54) is 29.3 Å². The molecule has 0 atom stereocenters. The van der Waals surface area contributed by atoms with Crippen LogP contribution in [0.1, 0.15) is 23.3 Å². The van der Waals surface area contributed by atoms with Crippen LogP contribution < -0.4 is 10.2 Å². The lowest BCUT2D eigenvalue weighted by atomic mass is 9.86. The Balaban J connectivity index is 1.22. The molecule has 8 nitrogen and oxygen atoms in total. The molecule has 1 amide bonds. The molecule has 2 aliphatic heterocycles. The van der Waals surface area contributed by atoms with Gasteiger partial charge in [0.05, 0.1) is 29.3 Å². The van der Waals surface area contributed by atoms with Crippen molar-refractivity contribution in [2.45, 2.75) is 18.9 Å². The standard InChI is InChI=1S/C21H16F3N7O/c22-14-4-13-17(5-15(14)23)25-7-18(13)27-21(32)19-9-31(29-28-19)12-3-16(24)20(26-6-12)30-8-10-1-11(30)2-10/h3-7,9-11,25H,1-2,8H2,(H,27,32). The van der Waals surface area contributed by atoms with E-state index in [0.717, 1.165) is 31.5 Å². The van der Waals surface area contributed by atoms with Gasteiger partial charge >= 0.3 is 0 Å². The molecule has 162 valence electrons. The van der Waals surface area contributed by atoms with Crippen molar-refractivity contribution in [3.8, 4) is 5.69 Å². The van der Waals surface area contributed by atoms with E-state index in [1.807, 2.05) is 4.90 Å². The van der Waals surface area contributed by atoms with Gasteiger partial charge in [-0.15, -0.1) is 5.10 Å². The van der Waals surface area contributed by atoms with E-state index in [9.17, 15) is 18.0 Å². The Bertz CT molecular complexity index is 1380. The Morgan fingerprint density at radius 3 is 2.69 bits per heavy atom. The average molecular weight is 439 g/mol. The Labute approximate surface area is 179 Å². The molecule has 2 N–H and O–H groups in total. The van der Waals surface area contributed by atoms with Gasteiger partial charge in [0.15, 0.2) is 29.0 Å². The van der Waals surface area contributed by atoms with Gasteiger partial charge in [0.2, 0.25) is 0 Å². The third kappa shape index (κ3) is 2.92. The van der Waals surface area contributed by atoms with Gasteiger partial charge in [0, 0.05) is 36.3 Å². The number of carbonyl (C=O) groups excluding carboxylic acids is 1. The minimum Gasteiger partial charge on any atom is -0.359 e. The predicted octanol–water partition coefficient (Wildman–Crippen LogP) is 3.41. The topological polar surface area (TPSA) is 91.7 Å². The number of hydrogen-bond donors (Lipinski definition) is 2. The monoisotopic (exact) mass is 439 g/mol. The van der Waals surface area contributed by atoms with Crippen LogP contribution in [0.2, 0.25) is 0 Å². The van der Waals surface area contributed by atoms with Crippen LogP contribution in [0.3, 0.4) is 0 Å². The maximum Gasteiger partial charge on any atom is 0.277 e. The summed E-state index contributed by atoms with van der Waals surface area (Å²) in [7, 11) is 0. The van der Waals surface area contributed by atoms with E-state index >= 15 is 0 Å². The van der Waals surface area contributed by atoms with Crippen molar-refractivity contribution in [3.63, 3.8) is 0 Å². The van der Waals surface area contributed by atoms with Gasteiger partial charge in [0.1, 0.15) is 0 Å². The third-order valence-electron chi connectivity index (χ3n) is 6.15. The highest BCUT2D eigenvalue weighted by Crippen LogP contribution is 2.43. The van der Waals surface area contributed by atoms with Crippen LogP contribution in [0.5, 0.6) is 0 Å². The first-order valence-electron chi connectivity index (χ1n) is 10.1. The number of nitrogens with zero attached hydrogens (tertiary/aromatic N) is 5. The first-order chi connectivity index (χ1) is 15.5. The number of rotatable bonds is 4. The number of nitrogens with one attached hydrogen (secondary N) is 2. The number of fused-ring (bicyclic) bond motifs is 2. The number of anilines is 2. The zero-order valence-electron chi connectivity index (χ0n) is 16.5. The molecular formula is C21H16F3N7O. The van der Waals surface area contributed by atoms with Crippen molar-refractivity contribution in [1.82, 2.24) is 25.0 Å². The maximum atomic E-state index is 14.7. The van der Waals surface area contributed by atoms with Gasteiger partial charge < -0.3 is 15.2 Å². The SMILES string of the molecule is O=C(Nc1c[nH]c2cc(F)c(F)cc12)c1cn(-c2cnc(N3CC4CC3C4)c(F)c2)nn1. The summed E-state index contributed by atoms with van der Waals surface area (Å²) >= 11 is 0. The molecular weight excluding hydrogens is 423 g/mol. The number of amides is 1. The van der Waals surface area contributed by atoms with Crippen LogP contribution in [-0.4, -0.2) is 43.5 Å². The lowest BCUT2D eigenvalue weighted by molar-refractivity contribution is 0.102. The minimum absolute atomic E-state index is 0.0354. The largest absolute Gasteiger partial charge is 0.359 e. The molecule has 0 spiro atoms. The highest BCUT2D eigenvalue weighted by atomic mass is 19.2. The lowest BCUT2D eigenvalue weighted by Crippen LogP contribution is -2.29. The van der Waals surface area contributed by atoms with Gasteiger partial charge in [0.25, 0.3) is 5.91 Å². The molecule has 2 bridgehead atoms. The van der Waals surface area contributed by atoms with Gasteiger partial charge in [-0.05, 0) is 24.8 Å². The summed E-state index contributed by atoms with van der Waals surface area (Å²) < 4.78 is 42.9. The summed E-state index contributed by atoms with van der Waals surface area (Å²) in [5, 5.41) is 10.6. The molecule has 0 radical (unpaired) electrons. The van der Waals surface area contributed by atoms with Crippen molar-refractivity contribution in [3.05, 3.63) is 59.9 Å². The minimum atomic E-state index is -1.03. The number of H-pyrrole nitrogens is 1. The van der Waals surface area contributed by atoms with Crippen molar-refractivity contribution in [2.24, 2.45) is 5.92 Å². The van der Waals surface area contributed by atoms with Crippen LogP contribution in [0, 0.1) is 23.4 Å². The molecule has 1 saturated carbocycles. The van der Waals surface area contributed by atoms with Gasteiger partial charge in [-0.1, -0.05) is 5.21 Å². The molecule has 5 heterocycles. The van der Waals surface area contributed by atoms with Gasteiger partial charge in [-0.3, -0.25) is 4.79 Å². The molecule has 3 aromatic heterocycles. The average Bonchev–Trinajstić information content (AvgIpc) is 3.52. The number of halogens is 3. The Morgan fingerprint density at radius 1 is 1.12 bits per heavy atom. The first kappa shape index (κ1) is 18.8. The van der Waals surface area contributed by atoms with Crippen molar-refractivity contribution in [1.29, 1.82) is 0 Å². The van der Waals surface area contributed by atoms with Crippen molar-refractivity contribution >= 4 is 28.3 Å². The molecule has 4 aromatic rings. The van der Waals surface area contributed by atoms with Crippen molar-refractivity contribution < 1.29 is 18.0 Å². The van der Waals surface area contributed by atoms with Crippen LogP contribution >= 0.6 is 0 Å². The highest BCUT2D eigenvalue weighted by molar-refractivity contribution is 6.07. The fourth-order valence-corrected chi connectivity index (χ4v) is 4.45. The van der Waals surface area contributed by atoms with Crippen LogP contribution in [0.15, 0.2) is 36.8 Å². The number of benzene rings is 1. The van der Waals surface area contributed by atoms with Gasteiger partial charge in [-0.25, -0.2) is 22.8 Å². The summed E-state index contributed by atoms with van der Waals surface area (Å²) in [5.41, 5.74) is 0.889. The smallest absolute Gasteiger partial charge is 0.277 e. The summed E-state index contributed by atoms with van der Waals surface area (Å²) in [4.78, 5) is 21.6. The molecule has 3 aliphatic rings. The Kier molecular flexibility index (Phi) is 4.01. The number of hydrogen-bond acceptors (Lipinski definition) is 5. The third-order valence-corrected chi connectivity index (χ3v) is 6.15. The quantitative estimate of drug-likeness (QED) is 0.509. The predicted molar refractivity (Wildman–Crippen MR) is 109 cm³/mol. The molecule has 3 fully saturated rings. The first-order valence-corrected chi connectivity index (χ1v) is 10.1. The van der Waals surface area contributed by atoms with E-state index in [-0.39, 0.29) is 11.4 Å². The zero-order chi connectivity index (χ0) is 22.0. The Hall–Kier alpha value is -3.89. The Morgan fingerprint density at radius 2 is 1.94 bits per heavy atom. The number of pyridine rings is 1. The fraction of sp³-hybridized carbons (Fsp3) is 0.238. The second-order valence-corrected chi connectivity index (χ2v) is 8.16. The fourth-order valence-electron chi connectivity index (χ4n) is 4.45. The normalized spacial score (nSPS) is 19.4. The summed E-state index contributed by atoms with van der Waals surface area (Å²) in [6.45, 7) is 0.825. The number of aromatic nitrogens is 5. The molecule has 2 saturated heterocycles. The highest BCUT2D eigenvalue weighted by Gasteiger charge is 2.44. The summed E-state index contributed by atoms with van der Waals surface area (Å²) in [5.74, 6) is -2.12. The summed E-state index contributed by atoms with van der Waals surface area (Å²) in [6.07, 6.45) is 6.42. The maximum absolute atomic E-state index is 14.7. The second-order valence-electron chi connectivity index (χ2n) is 8.16. The van der Waals surface area contributed by atoms with Crippen LogP contribution in [0.4, 0.5) is 24.7 Å². The molecule has 1 aromatic carbocycles. The molecule has 32 heavy (non-hydrogen) atoms. The second kappa shape index (κ2) is 6.81. The lowest BCUT2D eigenvalue weighted by Gasteiger charge is -2.26. The molecule has 11 heteroatoms. The number of carbonyl (C=O) groups is 1. The van der Waals surface area contributed by atoms with Crippen LogP contribution in [0.25, 0.3) is 16.6 Å². The van der Waals surface area contributed by atoms with Gasteiger partial charge in [-0.2, -0.15) is 0 Å². The van der Waals surface area contributed by atoms with E-state index < -0.39 is 23.4 Å². The van der Waals surface area contributed by atoms with E-state index in [0.29, 0.717) is 34.4 Å². The van der Waals surface area contributed by atoms with E-state index in [1.54, 1.807) is 0 Å². The van der Waals surface area contributed by atoms with Crippen LogP contribution in [-0.2, 0) is 0 Å². The molecule has 0 unspecified atom stereocenters. The zero-order valence-corrected chi connectivity index (χ0v) is 16.5. The van der Waals surface area contributed by atoms with Crippen molar-refractivity contribution in [2.75, 3.05) is 16.8 Å².